The molecule has 0 saturated heterocycles. The van der Waals surface area contributed by atoms with Gasteiger partial charge in [-0.2, -0.15) is 0 Å². The van der Waals surface area contributed by atoms with Gasteiger partial charge in [0.15, 0.2) is 0 Å². The van der Waals surface area contributed by atoms with Crippen molar-refractivity contribution in [2.75, 3.05) is 6.61 Å². The highest BCUT2D eigenvalue weighted by Gasteiger charge is 1.97. The maximum Gasteiger partial charge on any atom is 0.303 e. The summed E-state index contributed by atoms with van der Waals surface area (Å²) in [7, 11) is 0. The van der Waals surface area contributed by atoms with E-state index in [9.17, 15) is 4.79 Å². The van der Waals surface area contributed by atoms with Gasteiger partial charge in [0, 0.05) is 13.0 Å². The second-order valence-corrected chi connectivity index (χ2v) is 8.87. The van der Waals surface area contributed by atoms with Gasteiger partial charge in [0.2, 0.25) is 0 Å². The van der Waals surface area contributed by atoms with Crippen LogP contribution < -0.4 is 0 Å². The fourth-order valence-corrected chi connectivity index (χ4v) is 3.54. The van der Waals surface area contributed by atoms with Crippen LogP contribution in [0, 0.1) is 0 Å². The lowest BCUT2D eigenvalue weighted by Crippen LogP contribution is -2.00. The Balaban J connectivity index is 0. The van der Waals surface area contributed by atoms with E-state index in [0.29, 0.717) is 12.8 Å². The quantitative estimate of drug-likeness (QED) is 0.154. The molecule has 30 heavy (non-hydrogen) atoms. The van der Waals surface area contributed by atoms with E-state index in [4.69, 9.17) is 15.3 Å². The van der Waals surface area contributed by atoms with Crippen molar-refractivity contribution in [2.45, 2.75) is 155 Å². The van der Waals surface area contributed by atoms with Gasteiger partial charge < -0.3 is 15.3 Å². The van der Waals surface area contributed by atoms with E-state index in [-0.39, 0.29) is 12.7 Å². The smallest absolute Gasteiger partial charge is 0.303 e. The van der Waals surface area contributed by atoms with Crippen LogP contribution in [0.4, 0.5) is 0 Å². The Morgan fingerprint density at radius 1 is 0.633 bits per heavy atom. The number of carboxylic acid groups (broad SMARTS) is 1. The number of aliphatic hydroxyl groups is 2. The summed E-state index contributed by atoms with van der Waals surface area (Å²) in [5, 5.41) is 25.0. The second kappa shape index (κ2) is 28.4. The number of carboxylic acids is 1. The summed E-state index contributed by atoms with van der Waals surface area (Å²) in [6, 6.07) is 0. The van der Waals surface area contributed by atoms with Crippen molar-refractivity contribution in [3.63, 3.8) is 0 Å². The van der Waals surface area contributed by atoms with Crippen LogP contribution in [0.1, 0.15) is 149 Å². The predicted molar refractivity (Wildman–Crippen MR) is 129 cm³/mol. The molecule has 0 aliphatic heterocycles. The summed E-state index contributed by atoms with van der Waals surface area (Å²) in [5.41, 5.74) is 0. The number of hydrogen-bond donors (Lipinski definition) is 3. The van der Waals surface area contributed by atoms with Gasteiger partial charge in [-0.25, -0.2) is 0 Å². The van der Waals surface area contributed by atoms with Crippen LogP contribution in [-0.4, -0.2) is 34.0 Å². The van der Waals surface area contributed by atoms with Crippen LogP contribution in [0.15, 0.2) is 0 Å². The summed E-state index contributed by atoms with van der Waals surface area (Å²) in [4.78, 5) is 10.4. The zero-order chi connectivity index (χ0) is 22.7. The summed E-state index contributed by atoms with van der Waals surface area (Å²) in [5.74, 6) is -0.651. The van der Waals surface area contributed by atoms with Crippen LogP contribution in [0.25, 0.3) is 0 Å². The minimum atomic E-state index is -0.651. The molecule has 0 bridgehead atoms. The summed E-state index contributed by atoms with van der Waals surface area (Å²) in [6.45, 7) is 4.01. The minimum Gasteiger partial charge on any atom is -0.481 e. The average Bonchev–Trinajstić information content (AvgIpc) is 2.70. The first-order valence-corrected chi connectivity index (χ1v) is 13.0. The van der Waals surface area contributed by atoms with E-state index >= 15 is 0 Å². The molecular weight excluding hydrogens is 376 g/mol. The fourth-order valence-electron chi connectivity index (χ4n) is 3.54. The first kappa shape index (κ1) is 31.6. The minimum absolute atomic E-state index is 0.0810. The third-order valence-electron chi connectivity index (χ3n) is 5.54. The molecule has 0 aliphatic carbocycles. The number of aliphatic carboxylic acids is 1. The van der Waals surface area contributed by atoms with Gasteiger partial charge in [-0.1, -0.05) is 122 Å². The lowest BCUT2D eigenvalue weighted by Gasteiger charge is -2.03. The average molecular weight is 431 g/mol. The number of unbranched alkanes of at least 4 members (excludes halogenated alkanes) is 18. The van der Waals surface area contributed by atoms with Crippen LogP contribution in [0.5, 0.6) is 0 Å². The highest BCUT2D eigenvalue weighted by atomic mass is 16.4. The molecule has 0 saturated carbocycles. The van der Waals surface area contributed by atoms with Crippen LogP contribution in [0.3, 0.4) is 0 Å². The molecule has 0 fully saturated rings. The third kappa shape index (κ3) is 34.9. The van der Waals surface area contributed by atoms with Crippen molar-refractivity contribution in [1.29, 1.82) is 0 Å². The molecule has 0 aliphatic rings. The van der Waals surface area contributed by atoms with Gasteiger partial charge in [0.1, 0.15) is 0 Å². The standard InChI is InChI=1S/C22H44O2.C4H10O2/c1-2-3-4-5-6-7-8-9-10-11-12-13-14-15-16-17-18-19-20-21-22(23)24;1-4(6)2-3-5/h2-21H2,1H3,(H,23,24);4-6H,2-3H2,1H3. The molecule has 1 unspecified atom stereocenters. The highest BCUT2D eigenvalue weighted by Crippen LogP contribution is 2.14. The van der Waals surface area contributed by atoms with Crippen LogP contribution in [0.2, 0.25) is 0 Å². The van der Waals surface area contributed by atoms with Crippen molar-refractivity contribution < 1.29 is 20.1 Å². The summed E-state index contributed by atoms with van der Waals surface area (Å²) in [6.07, 6.45) is 26.2. The van der Waals surface area contributed by atoms with Crippen molar-refractivity contribution in [2.24, 2.45) is 0 Å². The number of hydrogen-bond acceptors (Lipinski definition) is 3. The molecule has 0 radical (unpaired) electrons. The Morgan fingerprint density at radius 3 is 1.13 bits per heavy atom. The van der Waals surface area contributed by atoms with E-state index in [1.54, 1.807) is 6.92 Å². The Morgan fingerprint density at radius 2 is 0.933 bits per heavy atom. The molecule has 0 aromatic rings. The molecule has 0 aromatic heterocycles. The van der Waals surface area contributed by atoms with Gasteiger partial charge in [0.05, 0.1) is 6.10 Å². The Labute approximate surface area is 187 Å². The van der Waals surface area contributed by atoms with Gasteiger partial charge >= 0.3 is 5.97 Å². The van der Waals surface area contributed by atoms with E-state index in [0.717, 1.165) is 12.8 Å². The van der Waals surface area contributed by atoms with E-state index in [2.05, 4.69) is 6.92 Å². The maximum atomic E-state index is 10.4. The fraction of sp³-hybridized carbons (Fsp3) is 0.962. The predicted octanol–water partition coefficient (Wildman–Crippen LogP) is 7.64. The maximum absolute atomic E-state index is 10.4. The summed E-state index contributed by atoms with van der Waals surface area (Å²) >= 11 is 0. The van der Waals surface area contributed by atoms with Crippen molar-refractivity contribution >= 4 is 5.97 Å². The van der Waals surface area contributed by atoms with E-state index in [1.807, 2.05) is 0 Å². The first-order chi connectivity index (χ1) is 14.5. The largest absolute Gasteiger partial charge is 0.481 e. The van der Waals surface area contributed by atoms with Crippen molar-refractivity contribution in [3.05, 3.63) is 0 Å². The normalized spacial score (nSPS) is 11.7. The van der Waals surface area contributed by atoms with E-state index in [1.165, 1.54) is 109 Å². The Hall–Kier alpha value is -0.610. The van der Waals surface area contributed by atoms with Gasteiger partial charge in [0.25, 0.3) is 0 Å². The number of aliphatic hydroxyl groups excluding tert-OH is 2. The Kier molecular flexibility index (Phi) is 29.9. The van der Waals surface area contributed by atoms with Gasteiger partial charge in [-0.3, -0.25) is 4.79 Å². The van der Waals surface area contributed by atoms with Crippen LogP contribution in [-0.2, 0) is 4.79 Å². The molecule has 0 heterocycles. The van der Waals surface area contributed by atoms with Crippen molar-refractivity contribution in [3.8, 4) is 0 Å². The zero-order valence-electron chi connectivity index (χ0n) is 20.4. The topological polar surface area (TPSA) is 77.8 Å². The molecule has 182 valence electrons. The lowest BCUT2D eigenvalue weighted by molar-refractivity contribution is -0.137. The molecule has 0 rings (SSSR count). The SMILES string of the molecule is CC(O)CCO.CCCCCCCCCCCCCCCCCCCCCC(=O)O. The highest BCUT2D eigenvalue weighted by molar-refractivity contribution is 5.66. The van der Waals surface area contributed by atoms with Gasteiger partial charge in [-0.15, -0.1) is 0 Å². The number of rotatable bonds is 22. The lowest BCUT2D eigenvalue weighted by atomic mass is 10.0. The Bertz CT molecular complexity index is 318. The monoisotopic (exact) mass is 430 g/mol. The van der Waals surface area contributed by atoms with Gasteiger partial charge in [-0.05, 0) is 19.8 Å². The molecule has 3 N–H and O–H groups in total. The molecule has 0 amide bonds. The van der Waals surface area contributed by atoms with Crippen LogP contribution >= 0.6 is 0 Å². The van der Waals surface area contributed by atoms with Crippen molar-refractivity contribution in [1.82, 2.24) is 0 Å². The first-order valence-electron chi connectivity index (χ1n) is 13.0. The second-order valence-electron chi connectivity index (χ2n) is 8.87. The number of carbonyl (C=O) groups is 1. The molecule has 4 nitrogen and oxygen atoms in total. The summed E-state index contributed by atoms with van der Waals surface area (Å²) < 4.78 is 0. The van der Waals surface area contributed by atoms with E-state index < -0.39 is 5.97 Å². The molecular formula is C26H54O4. The molecule has 1 atom stereocenters. The zero-order valence-corrected chi connectivity index (χ0v) is 20.4. The molecule has 0 aromatic carbocycles. The molecule has 4 heteroatoms. The third-order valence-corrected chi connectivity index (χ3v) is 5.54. The molecule has 0 spiro atoms.